The predicted octanol–water partition coefficient (Wildman–Crippen LogP) is 2.42. The van der Waals surface area contributed by atoms with Gasteiger partial charge in [0.25, 0.3) is 0 Å². The number of carboxylic acid groups (broad SMARTS) is 1. The van der Waals surface area contributed by atoms with E-state index >= 15 is 0 Å². The summed E-state index contributed by atoms with van der Waals surface area (Å²) < 4.78 is 0. The van der Waals surface area contributed by atoms with Crippen LogP contribution < -0.4 is 4.90 Å². The second-order valence-electron chi connectivity index (χ2n) is 3.90. The lowest BCUT2D eigenvalue weighted by molar-refractivity contribution is 0.0697. The highest BCUT2D eigenvalue weighted by atomic mass is 16.4. The monoisotopic (exact) mass is 253 g/mol. The summed E-state index contributed by atoms with van der Waals surface area (Å²) in [6, 6.07) is 11.9. The van der Waals surface area contributed by atoms with Crippen LogP contribution in [-0.4, -0.2) is 23.1 Å². The van der Waals surface area contributed by atoms with E-state index in [-0.39, 0.29) is 5.56 Å². The quantitative estimate of drug-likeness (QED) is 0.908. The molecule has 0 aliphatic rings. The van der Waals surface area contributed by atoms with Crippen molar-refractivity contribution in [3.8, 4) is 6.07 Å². The molecule has 1 aromatic heterocycles. The van der Waals surface area contributed by atoms with Gasteiger partial charge in [0.05, 0.1) is 11.1 Å². The smallest absolute Gasteiger partial charge is 0.335 e. The van der Waals surface area contributed by atoms with Gasteiger partial charge in [0.15, 0.2) is 5.82 Å². The van der Waals surface area contributed by atoms with Gasteiger partial charge in [-0.15, -0.1) is 0 Å². The minimum Gasteiger partial charge on any atom is -0.478 e. The summed E-state index contributed by atoms with van der Waals surface area (Å²) in [6.07, 6.45) is 1.61. The van der Waals surface area contributed by atoms with Crippen molar-refractivity contribution in [2.24, 2.45) is 0 Å². The molecule has 2 aromatic rings. The first-order valence-corrected chi connectivity index (χ1v) is 5.55. The summed E-state index contributed by atoms with van der Waals surface area (Å²) in [7, 11) is 1.78. The van der Waals surface area contributed by atoms with E-state index < -0.39 is 5.97 Å². The van der Waals surface area contributed by atoms with Gasteiger partial charge in [0.1, 0.15) is 6.07 Å². The van der Waals surface area contributed by atoms with Crippen molar-refractivity contribution in [2.75, 3.05) is 11.9 Å². The lowest BCUT2D eigenvalue weighted by Crippen LogP contribution is -2.13. The van der Waals surface area contributed by atoms with Crippen LogP contribution in [0.5, 0.6) is 0 Å². The fourth-order valence-corrected chi connectivity index (χ4v) is 1.70. The van der Waals surface area contributed by atoms with E-state index in [2.05, 4.69) is 11.1 Å². The van der Waals surface area contributed by atoms with Crippen LogP contribution in [0, 0.1) is 11.3 Å². The van der Waals surface area contributed by atoms with Crippen LogP contribution in [0.4, 0.5) is 11.5 Å². The van der Waals surface area contributed by atoms with Crippen molar-refractivity contribution in [2.45, 2.75) is 0 Å². The number of pyridine rings is 1. The number of nitrogens with zero attached hydrogens (tertiary/aromatic N) is 3. The highest BCUT2D eigenvalue weighted by Gasteiger charge is 2.11. The molecule has 0 aliphatic carbocycles. The van der Waals surface area contributed by atoms with Gasteiger partial charge in [-0.1, -0.05) is 0 Å². The first-order valence-electron chi connectivity index (χ1n) is 5.55. The van der Waals surface area contributed by atoms with Crippen molar-refractivity contribution in [3.05, 3.63) is 53.7 Å². The minimum atomic E-state index is -0.968. The van der Waals surface area contributed by atoms with E-state index in [9.17, 15) is 4.79 Å². The number of hydrogen-bond donors (Lipinski definition) is 1. The molecular formula is C14H11N3O2. The number of aromatic carboxylic acids is 1. The average molecular weight is 253 g/mol. The molecule has 0 saturated heterocycles. The Labute approximate surface area is 110 Å². The summed E-state index contributed by atoms with van der Waals surface area (Å²) in [5.41, 5.74) is 1.45. The molecule has 0 unspecified atom stereocenters. The van der Waals surface area contributed by atoms with Crippen LogP contribution in [-0.2, 0) is 0 Å². The van der Waals surface area contributed by atoms with Crippen molar-refractivity contribution in [3.63, 3.8) is 0 Å². The second-order valence-corrected chi connectivity index (χ2v) is 3.90. The zero-order valence-corrected chi connectivity index (χ0v) is 10.2. The Morgan fingerprint density at radius 1 is 1.32 bits per heavy atom. The number of aromatic nitrogens is 1. The summed E-state index contributed by atoms with van der Waals surface area (Å²) >= 11 is 0. The van der Waals surface area contributed by atoms with Crippen LogP contribution >= 0.6 is 0 Å². The number of nitriles is 1. The molecule has 1 heterocycles. The molecule has 19 heavy (non-hydrogen) atoms. The van der Waals surface area contributed by atoms with E-state index in [1.807, 2.05) is 0 Å². The van der Waals surface area contributed by atoms with E-state index in [1.54, 1.807) is 42.4 Å². The molecule has 0 atom stereocenters. The zero-order chi connectivity index (χ0) is 13.8. The van der Waals surface area contributed by atoms with Crippen LogP contribution in [0.3, 0.4) is 0 Å². The highest BCUT2D eigenvalue weighted by Crippen LogP contribution is 2.24. The fourth-order valence-electron chi connectivity index (χ4n) is 1.70. The standard InChI is InChI=1S/C14H11N3O2/c1-17(13-11(9-15)3-2-8-16-13)12-6-4-10(5-7-12)14(18)19/h2-8H,1H3,(H,18,19). The number of anilines is 2. The Hall–Kier alpha value is -2.87. The maximum Gasteiger partial charge on any atom is 0.335 e. The number of benzene rings is 1. The SMILES string of the molecule is CN(c1ccc(C(=O)O)cc1)c1ncccc1C#N. The zero-order valence-electron chi connectivity index (χ0n) is 10.2. The van der Waals surface area contributed by atoms with Crippen molar-refractivity contribution in [1.29, 1.82) is 5.26 Å². The molecule has 94 valence electrons. The Morgan fingerprint density at radius 3 is 2.58 bits per heavy atom. The third-order valence-electron chi connectivity index (χ3n) is 2.73. The fraction of sp³-hybridized carbons (Fsp3) is 0.0714. The Balaban J connectivity index is 2.36. The highest BCUT2D eigenvalue weighted by molar-refractivity contribution is 5.88. The molecular weight excluding hydrogens is 242 g/mol. The molecule has 2 rings (SSSR count). The first-order chi connectivity index (χ1) is 9.13. The maximum absolute atomic E-state index is 10.8. The summed E-state index contributed by atoms with van der Waals surface area (Å²) in [5, 5.41) is 17.9. The predicted molar refractivity (Wildman–Crippen MR) is 70.4 cm³/mol. The largest absolute Gasteiger partial charge is 0.478 e. The third kappa shape index (κ3) is 2.53. The van der Waals surface area contributed by atoms with Crippen molar-refractivity contribution in [1.82, 2.24) is 4.98 Å². The topological polar surface area (TPSA) is 77.2 Å². The minimum absolute atomic E-state index is 0.221. The van der Waals surface area contributed by atoms with Gasteiger partial charge >= 0.3 is 5.97 Å². The summed E-state index contributed by atoms with van der Waals surface area (Å²) in [5.74, 6) is -0.433. The Kier molecular flexibility index (Phi) is 3.44. The molecule has 1 N–H and O–H groups in total. The van der Waals surface area contributed by atoms with Crippen LogP contribution in [0.1, 0.15) is 15.9 Å². The Bertz CT molecular complexity index is 644. The molecule has 5 nitrogen and oxygen atoms in total. The molecule has 0 radical (unpaired) electrons. The van der Waals surface area contributed by atoms with Gasteiger partial charge in [0, 0.05) is 18.9 Å². The van der Waals surface area contributed by atoms with Gasteiger partial charge in [0.2, 0.25) is 0 Å². The molecule has 5 heteroatoms. The molecule has 0 bridgehead atoms. The van der Waals surface area contributed by atoms with Gasteiger partial charge in [-0.3, -0.25) is 0 Å². The lowest BCUT2D eigenvalue weighted by Gasteiger charge is -2.19. The third-order valence-corrected chi connectivity index (χ3v) is 2.73. The Morgan fingerprint density at radius 2 is 2.00 bits per heavy atom. The number of carboxylic acids is 1. The van der Waals surface area contributed by atoms with E-state index in [1.165, 1.54) is 12.1 Å². The van der Waals surface area contributed by atoms with Gasteiger partial charge in [-0.2, -0.15) is 5.26 Å². The normalized spacial score (nSPS) is 9.68. The number of rotatable bonds is 3. The molecule has 0 saturated carbocycles. The summed E-state index contributed by atoms with van der Waals surface area (Å²) in [6.45, 7) is 0. The molecule has 0 fully saturated rings. The van der Waals surface area contributed by atoms with Gasteiger partial charge in [-0.25, -0.2) is 9.78 Å². The lowest BCUT2D eigenvalue weighted by atomic mass is 10.2. The second kappa shape index (κ2) is 5.19. The van der Waals surface area contributed by atoms with Gasteiger partial charge in [-0.05, 0) is 36.4 Å². The van der Waals surface area contributed by atoms with Gasteiger partial charge < -0.3 is 10.0 Å². The number of hydrogen-bond acceptors (Lipinski definition) is 4. The average Bonchev–Trinajstić information content (AvgIpc) is 2.46. The van der Waals surface area contributed by atoms with Crippen LogP contribution in [0.25, 0.3) is 0 Å². The molecule has 0 amide bonds. The first kappa shape index (κ1) is 12.6. The maximum atomic E-state index is 10.8. The van der Waals surface area contributed by atoms with E-state index in [0.717, 1.165) is 5.69 Å². The van der Waals surface area contributed by atoms with E-state index in [4.69, 9.17) is 10.4 Å². The van der Waals surface area contributed by atoms with Crippen molar-refractivity contribution < 1.29 is 9.90 Å². The van der Waals surface area contributed by atoms with Crippen molar-refractivity contribution >= 4 is 17.5 Å². The molecule has 0 spiro atoms. The summed E-state index contributed by atoms with van der Waals surface area (Å²) in [4.78, 5) is 16.7. The molecule has 0 aliphatic heterocycles. The molecule has 1 aromatic carbocycles. The number of carbonyl (C=O) groups is 1. The van der Waals surface area contributed by atoms with E-state index in [0.29, 0.717) is 11.4 Å². The van der Waals surface area contributed by atoms with Crippen LogP contribution in [0.15, 0.2) is 42.6 Å². The van der Waals surface area contributed by atoms with Crippen LogP contribution in [0.2, 0.25) is 0 Å².